The average molecular weight is 348 g/mol. The second-order valence-electron chi connectivity index (χ2n) is 6.37. The zero-order valence-electron chi connectivity index (χ0n) is 15.4. The van der Waals surface area contributed by atoms with Crippen LogP contribution in [-0.4, -0.2) is 17.0 Å². The number of carboxylic acid groups (broad SMARTS) is 1. The molecule has 3 N–H and O–H groups in total. The number of carbonyl (C=O) groups is 1. The lowest BCUT2D eigenvalue weighted by Gasteiger charge is -2.03. The summed E-state index contributed by atoms with van der Waals surface area (Å²) in [5.74, 6) is 1.07. The molecular weight excluding hydrogens is 306 g/mol. The Kier molecular flexibility index (Phi) is 25.8. The van der Waals surface area contributed by atoms with Crippen LogP contribution in [0.5, 0.6) is 0 Å². The molecule has 0 atom stereocenters. The highest BCUT2D eigenvalue weighted by Gasteiger charge is 1.94. The summed E-state index contributed by atoms with van der Waals surface area (Å²) in [5, 5.41) is 7.19. The number of hydrogen-bond donors (Lipinski definition) is 3. The van der Waals surface area contributed by atoms with Gasteiger partial charge in [-0.1, -0.05) is 103 Å². The Bertz CT molecular complexity index is 205. The minimum absolute atomic E-state index is 1.07. The molecule has 0 spiro atoms. The van der Waals surface area contributed by atoms with Gasteiger partial charge in [-0.15, -0.1) is 0 Å². The zero-order valence-corrected chi connectivity index (χ0v) is 16.3. The molecule has 0 saturated carbocycles. The predicted octanol–water partition coefficient (Wildman–Crippen LogP) is 6.80. The highest BCUT2D eigenvalue weighted by molar-refractivity contribution is 7.80. The Labute approximate surface area is 150 Å². The van der Waals surface area contributed by atoms with Crippen molar-refractivity contribution in [1.29, 1.82) is 0 Å². The SMILES string of the molecule is CCCCCCCCCCCCCCCCCCS.NC(=O)O. The van der Waals surface area contributed by atoms with Crippen molar-refractivity contribution in [2.45, 2.75) is 110 Å². The predicted molar refractivity (Wildman–Crippen MR) is 106 cm³/mol. The lowest BCUT2D eigenvalue weighted by molar-refractivity contribution is 0.205. The fraction of sp³-hybridized carbons (Fsp3) is 0.947. The van der Waals surface area contributed by atoms with E-state index in [0.29, 0.717) is 0 Å². The van der Waals surface area contributed by atoms with Crippen molar-refractivity contribution in [3.8, 4) is 0 Å². The van der Waals surface area contributed by atoms with Crippen LogP contribution in [0.3, 0.4) is 0 Å². The number of unbranched alkanes of at least 4 members (excludes halogenated alkanes) is 15. The number of primary amides is 1. The Balaban J connectivity index is 0. The maximum absolute atomic E-state index is 8.78. The number of hydrogen-bond acceptors (Lipinski definition) is 2. The van der Waals surface area contributed by atoms with Gasteiger partial charge < -0.3 is 10.8 Å². The summed E-state index contributed by atoms with van der Waals surface area (Å²) in [6.07, 6.45) is 21.8. The van der Waals surface area contributed by atoms with Crippen LogP contribution in [0, 0.1) is 0 Å². The van der Waals surface area contributed by atoms with Gasteiger partial charge in [0.15, 0.2) is 0 Å². The van der Waals surface area contributed by atoms with Gasteiger partial charge in [0.25, 0.3) is 0 Å². The van der Waals surface area contributed by atoms with Gasteiger partial charge in [-0.25, -0.2) is 4.79 Å². The minimum Gasteiger partial charge on any atom is -0.465 e. The van der Waals surface area contributed by atoms with E-state index in [4.69, 9.17) is 9.90 Å². The smallest absolute Gasteiger partial charge is 0.402 e. The second kappa shape index (κ2) is 23.9. The van der Waals surface area contributed by atoms with Crippen molar-refractivity contribution >= 4 is 18.7 Å². The van der Waals surface area contributed by atoms with Crippen LogP contribution in [0.1, 0.15) is 110 Å². The Morgan fingerprint density at radius 3 is 1.13 bits per heavy atom. The fourth-order valence-electron chi connectivity index (χ4n) is 2.66. The van der Waals surface area contributed by atoms with Crippen molar-refractivity contribution in [1.82, 2.24) is 0 Å². The molecule has 0 aromatic heterocycles. The van der Waals surface area contributed by atoms with Crippen molar-refractivity contribution in [2.75, 3.05) is 5.75 Å². The Morgan fingerprint density at radius 1 is 0.696 bits per heavy atom. The van der Waals surface area contributed by atoms with E-state index in [9.17, 15) is 0 Å². The standard InChI is InChI=1S/C18H38S.CH3NO2/c1-2-3-4-5-6-7-8-9-10-11-12-13-14-15-16-17-18-19;2-1(3)4/h19H,2-18H2,1H3;2H2,(H,3,4). The molecule has 0 aliphatic heterocycles. The van der Waals surface area contributed by atoms with E-state index in [1.165, 1.54) is 103 Å². The second-order valence-corrected chi connectivity index (χ2v) is 6.81. The molecule has 0 fully saturated rings. The van der Waals surface area contributed by atoms with Gasteiger partial charge in [-0.2, -0.15) is 12.6 Å². The van der Waals surface area contributed by atoms with Gasteiger partial charge in [-0.3, -0.25) is 0 Å². The minimum atomic E-state index is -1.33. The molecule has 140 valence electrons. The molecule has 0 rings (SSSR count). The van der Waals surface area contributed by atoms with Crippen LogP contribution in [0.15, 0.2) is 0 Å². The summed E-state index contributed by atoms with van der Waals surface area (Å²) < 4.78 is 0. The molecule has 0 aromatic carbocycles. The van der Waals surface area contributed by atoms with Crippen LogP contribution in [-0.2, 0) is 0 Å². The molecular formula is C19H41NO2S. The molecule has 3 nitrogen and oxygen atoms in total. The monoisotopic (exact) mass is 347 g/mol. The lowest BCUT2D eigenvalue weighted by Crippen LogP contribution is -2.03. The third-order valence-corrected chi connectivity index (χ3v) is 4.33. The lowest BCUT2D eigenvalue weighted by atomic mass is 10.0. The molecule has 0 aromatic rings. The van der Waals surface area contributed by atoms with Crippen LogP contribution >= 0.6 is 12.6 Å². The van der Waals surface area contributed by atoms with E-state index in [2.05, 4.69) is 25.3 Å². The van der Waals surface area contributed by atoms with Crippen molar-refractivity contribution < 1.29 is 9.90 Å². The summed E-state index contributed by atoms with van der Waals surface area (Å²) in [6, 6.07) is 0. The Hall–Kier alpha value is -0.380. The highest BCUT2D eigenvalue weighted by Crippen LogP contribution is 2.13. The Morgan fingerprint density at radius 2 is 0.913 bits per heavy atom. The van der Waals surface area contributed by atoms with Gasteiger partial charge in [0.05, 0.1) is 0 Å². The van der Waals surface area contributed by atoms with Crippen molar-refractivity contribution in [3.05, 3.63) is 0 Å². The van der Waals surface area contributed by atoms with Crippen LogP contribution in [0.4, 0.5) is 4.79 Å². The van der Waals surface area contributed by atoms with E-state index in [1.807, 2.05) is 0 Å². The van der Waals surface area contributed by atoms with Crippen LogP contribution < -0.4 is 5.73 Å². The number of amides is 1. The first-order valence-electron chi connectivity index (χ1n) is 9.74. The molecule has 0 saturated heterocycles. The molecule has 0 unspecified atom stereocenters. The maximum atomic E-state index is 8.78. The van der Waals surface area contributed by atoms with Gasteiger partial charge in [0.1, 0.15) is 0 Å². The van der Waals surface area contributed by atoms with E-state index < -0.39 is 6.09 Å². The van der Waals surface area contributed by atoms with E-state index in [-0.39, 0.29) is 0 Å². The first kappa shape index (κ1) is 24.9. The molecule has 0 heterocycles. The van der Waals surface area contributed by atoms with E-state index >= 15 is 0 Å². The summed E-state index contributed by atoms with van der Waals surface area (Å²) in [5.41, 5.74) is 4.03. The summed E-state index contributed by atoms with van der Waals surface area (Å²) >= 11 is 4.24. The first-order chi connectivity index (χ1) is 11.1. The average Bonchev–Trinajstić information content (AvgIpc) is 2.50. The maximum Gasteiger partial charge on any atom is 0.402 e. The number of nitrogens with two attached hydrogens (primary N) is 1. The molecule has 0 bridgehead atoms. The largest absolute Gasteiger partial charge is 0.465 e. The van der Waals surface area contributed by atoms with Crippen molar-refractivity contribution in [2.24, 2.45) is 5.73 Å². The van der Waals surface area contributed by atoms with Crippen LogP contribution in [0.25, 0.3) is 0 Å². The molecule has 1 amide bonds. The summed E-state index contributed by atoms with van der Waals surface area (Å²) in [4.78, 5) is 8.78. The summed E-state index contributed by atoms with van der Waals surface area (Å²) in [7, 11) is 0. The number of rotatable bonds is 16. The highest BCUT2D eigenvalue weighted by atomic mass is 32.1. The third-order valence-electron chi connectivity index (χ3n) is 4.01. The summed E-state index contributed by atoms with van der Waals surface area (Å²) in [6.45, 7) is 2.29. The topological polar surface area (TPSA) is 63.3 Å². The van der Waals surface area contributed by atoms with Crippen LogP contribution in [0.2, 0.25) is 0 Å². The number of thiol groups is 1. The molecule has 0 aliphatic rings. The normalized spacial score (nSPS) is 10.2. The van der Waals surface area contributed by atoms with Gasteiger partial charge >= 0.3 is 6.09 Å². The van der Waals surface area contributed by atoms with Gasteiger partial charge in [0.2, 0.25) is 0 Å². The zero-order chi connectivity index (χ0) is 17.6. The molecule has 4 heteroatoms. The quantitative estimate of drug-likeness (QED) is 0.212. The van der Waals surface area contributed by atoms with E-state index in [1.54, 1.807) is 0 Å². The van der Waals surface area contributed by atoms with E-state index in [0.717, 1.165) is 5.75 Å². The molecule has 0 aliphatic carbocycles. The van der Waals surface area contributed by atoms with Gasteiger partial charge in [-0.05, 0) is 12.2 Å². The fourth-order valence-corrected chi connectivity index (χ4v) is 2.88. The molecule has 23 heavy (non-hydrogen) atoms. The first-order valence-corrected chi connectivity index (χ1v) is 10.4. The molecule has 0 radical (unpaired) electrons. The van der Waals surface area contributed by atoms with Crippen molar-refractivity contribution in [3.63, 3.8) is 0 Å². The third kappa shape index (κ3) is 34.1. The van der Waals surface area contributed by atoms with Gasteiger partial charge in [0, 0.05) is 0 Å².